The lowest BCUT2D eigenvalue weighted by Gasteiger charge is -2.40. The predicted octanol–water partition coefficient (Wildman–Crippen LogP) is -0.462. The van der Waals surface area contributed by atoms with Crippen LogP contribution in [0.3, 0.4) is 0 Å². The van der Waals surface area contributed by atoms with Gasteiger partial charge in [0, 0.05) is 25.7 Å². The number of carbonyl (C=O) groups is 2. The maximum absolute atomic E-state index is 11.9. The monoisotopic (exact) mass is 269 g/mol. The second-order valence-corrected chi connectivity index (χ2v) is 5.27. The molecule has 1 saturated carbocycles. The van der Waals surface area contributed by atoms with Gasteiger partial charge in [-0.15, -0.1) is 0 Å². The van der Waals surface area contributed by atoms with Gasteiger partial charge in [-0.05, 0) is 12.8 Å². The Balaban J connectivity index is 1.79. The van der Waals surface area contributed by atoms with Gasteiger partial charge >= 0.3 is 0 Å². The van der Waals surface area contributed by atoms with Gasteiger partial charge in [0.2, 0.25) is 11.8 Å². The first-order chi connectivity index (χ1) is 9.20. The summed E-state index contributed by atoms with van der Waals surface area (Å²) in [6.07, 6.45) is 4.67. The lowest BCUT2D eigenvalue weighted by Crippen LogP contribution is -2.65. The Morgan fingerprint density at radius 1 is 1.37 bits per heavy atom. The van der Waals surface area contributed by atoms with E-state index in [4.69, 9.17) is 4.74 Å². The summed E-state index contributed by atoms with van der Waals surface area (Å²) >= 11 is 0. The van der Waals surface area contributed by atoms with Crippen molar-refractivity contribution in [2.45, 2.75) is 50.2 Å². The number of rotatable bonds is 5. The Morgan fingerprint density at radius 3 is 2.84 bits per heavy atom. The maximum Gasteiger partial charge on any atom is 0.237 e. The molecule has 0 aromatic heterocycles. The Kier molecular flexibility index (Phi) is 5.15. The summed E-state index contributed by atoms with van der Waals surface area (Å²) in [6, 6.07) is 0.166. The summed E-state index contributed by atoms with van der Waals surface area (Å²) in [5, 5.41) is 9.10. The highest BCUT2D eigenvalue weighted by Gasteiger charge is 2.36. The van der Waals surface area contributed by atoms with Gasteiger partial charge in [0.25, 0.3) is 0 Å². The molecule has 3 N–H and O–H groups in total. The molecule has 2 rings (SSSR count). The zero-order valence-corrected chi connectivity index (χ0v) is 11.4. The molecule has 1 heterocycles. The zero-order valence-electron chi connectivity index (χ0n) is 11.4. The van der Waals surface area contributed by atoms with Gasteiger partial charge in [0.1, 0.15) is 0 Å². The van der Waals surface area contributed by atoms with E-state index in [0.29, 0.717) is 19.2 Å². The molecule has 2 fully saturated rings. The third-order valence-electron chi connectivity index (χ3n) is 3.84. The van der Waals surface area contributed by atoms with Crippen LogP contribution in [-0.2, 0) is 14.3 Å². The van der Waals surface area contributed by atoms with Crippen LogP contribution in [0.2, 0.25) is 0 Å². The van der Waals surface area contributed by atoms with E-state index in [2.05, 4.69) is 16.0 Å². The van der Waals surface area contributed by atoms with E-state index >= 15 is 0 Å². The molecule has 1 saturated heterocycles. The highest BCUT2D eigenvalue weighted by atomic mass is 16.5. The van der Waals surface area contributed by atoms with Crippen molar-refractivity contribution in [3.8, 4) is 0 Å². The minimum atomic E-state index is -0.401. The van der Waals surface area contributed by atoms with Crippen LogP contribution in [0.25, 0.3) is 0 Å². The molecule has 2 amide bonds. The Morgan fingerprint density at radius 2 is 2.11 bits per heavy atom. The average Bonchev–Trinajstić information content (AvgIpc) is 2.40. The molecule has 0 aromatic rings. The molecule has 0 aromatic carbocycles. The smallest absolute Gasteiger partial charge is 0.237 e. The number of amides is 2. The number of nitrogens with one attached hydrogen (secondary N) is 3. The number of fused-ring (bicyclic) bond motifs is 1. The third kappa shape index (κ3) is 3.91. The number of piperazine rings is 1. The van der Waals surface area contributed by atoms with Crippen molar-refractivity contribution in [2.75, 3.05) is 20.3 Å². The van der Waals surface area contributed by atoms with Crippen molar-refractivity contribution in [3.05, 3.63) is 0 Å². The number of ether oxygens (including phenoxy) is 1. The van der Waals surface area contributed by atoms with Crippen molar-refractivity contribution in [1.29, 1.82) is 0 Å². The molecule has 1 aliphatic carbocycles. The van der Waals surface area contributed by atoms with E-state index in [1.54, 1.807) is 7.11 Å². The van der Waals surface area contributed by atoms with Crippen LogP contribution >= 0.6 is 0 Å². The summed E-state index contributed by atoms with van der Waals surface area (Å²) in [5.74, 6) is -0.163. The Labute approximate surface area is 113 Å². The minimum absolute atomic E-state index is 0.0509. The number of hydrogen-bond acceptors (Lipinski definition) is 4. The maximum atomic E-state index is 11.9. The number of hydrogen-bond donors (Lipinski definition) is 3. The van der Waals surface area contributed by atoms with Gasteiger partial charge in [0.05, 0.1) is 19.1 Å². The molecule has 0 radical (unpaired) electrons. The molecule has 6 nitrogen and oxygen atoms in total. The van der Waals surface area contributed by atoms with Crippen LogP contribution in [0.15, 0.2) is 0 Å². The van der Waals surface area contributed by atoms with Gasteiger partial charge in [-0.25, -0.2) is 0 Å². The van der Waals surface area contributed by atoms with E-state index < -0.39 is 6.04 Å². The summed E-state index contributed by atoms with van der Waals surface area (Å²) in [5.41, 5.74) is 0. The molecule has 19 heavy (non-hydrogen) atoms. The molecule has 0 bridgehead atoms. The second-order valence-electron chi connectivity index (χ2n) is 5.27. The molecule has 0 spiro atoms. The van der Waals surface area contributed by atoms with Crippen LogP contribution in [0, 0.1) is 0 Å². The SMILES string of the molecule is COCCNC(=O)C[C@@H]1N[C@H]2CCCC[C@@H]2NC1=O. The van der Waals surface area contributed by atoms with Gasteiger partial charge < -0.3 is 20.7 Å². The van der Waals surface area contributed by atoms with Crippen molar-refractivity contribution >= 4 is 11.8 Å². The topological polar surface area (TPSA) is 79.5 Å². The van der Waals surface area contributed by atoms with Crippen LogP contribution in [0.4, 0.5) is 0 Å². The number of methoxy groups -OCH3 is 1. The lowest BCUT2D eigenvalue weighted by atomic mass is 9.87. The summed E-state index contributed by atoms with van der Waals surface area (Å²) in [6.45, 7) is 0.969. The van der Waals surface area contributed by atoms with Crippen molar-refractivity contribution in [1.82, 2.24) is 16.0 Å². The van der Waals surface area contributed by atoms with Gasteiger partial charge in [-0.2, -0.15) is 0 Å². The number of carbonyl (C=O) groups excluding carboxylic acids is 2. The zero-order chi connectivity index (χ0) is 13.7. The Hall–Kier alpha value is -1.14. The van der Waals surface area contributed by atoms with Crippen LogP contribution < -0.4 is 16.0 Å². The highest BCUT2D eigenvalue weighted by molar-refractivity contribution is 5.89. The van der Waals surface area contributed by atoms with Crippen molar-refractivity contribution in [3.63, 3.8) is 0 Å². The molecular formula is C13H23N3O3. The quantitative estimate of drug-likeness (QED) is 0.590. The Bertz CT molecular complexity index is 335. The summed E-state index contributed by atoms with van der Waals surface area (Å²) < 4.78 is 4.86. The van der Waals surface area contributed by atoms with E-state index in [-0.39, 0.29) is 24.3 Å². The van der Waals surface area contributed by atoms with Crippen molar-refractivity contribution in [2.24, 2.45) is 0 Å². The van der Waals surface area contributed by atoms with Crippen molar-refractivity contribution < 1.29 is 14.3 Å². The van der Waals surface area contributed by atoms with E-state index in [1.165, 1.54) is 12.8 Å². The first-order valence-corrected chi connectivity index (χ1v) is 7.03. The molecule has 0 unspecified atom stereocenters. The van der Waals surface area contributed by atoms with E-state index in [9.17, 15) is 9.59 Å². The molecule has 3 atom stereocenters. The average molecular weight is 269 g/mol. The van der Waals surface area contributed by atoms with Crippen LogP contribution in [0.5, 0.6) is 0 Å². The fourth-order valence-electron chi connectivity index (χ4n) is 2.82. The van der Waals surface area contributed by atoms with Gasteiger partial charge in [-0.3, -0.25) is 9.59 Å². The molecule has 2 aliphatic rings. The van der Waals surface area contributed by atoms with Crippen LogP contribution in [0.1, 0.15) is 32.1 Å². The first kappa shape index (κ1) is 14.3. The van der Waals surface area contributed by atoms with Crippen LogP contribution in [-0.4, -0.2) is 50.2 Å². The second kappa shape index (κ2) is 6.86. The molecule has 6 heteroatoms. The lowest BCUT2D eigenvalue weighted by molar-refractivity contribution is -0.131. The fraction of sp³-hybridized carbons (Fsp3) is 0.846. The third-order valence-corrected chi connectivity index (χ3v) is 3.84. The molecule has 108 valence electrons. The standard InChI is InChI=1S/C13H23N3O3/c1-19-7-6-14-12(17)8-11-13(18)16-10-5-3-2-4-9(10)15-11/h9-11,15H,2-8H2,1H3,(H,14,17)(H,16,18)/t9-,10-,11-/m0/s1. The van der Waals surface area contributed by atoms with E-state index in [0.717, 1.165) is 12.8 Å². The van der Waals surface area contributed by atoms with Gasteiger partial charge in [-0.1, -0.05) is 12.8 Å². The first-order valence-electron chi connectivity index (χ1n) is 7.03. The summed E-state index contributed by atoms with van der Waals surface area (Å²) in [4.78, 5) is 23.6. The summed E-state index contributed by atoms with van der Waals surface area (Å²) in [7, 11) is 1.59. The van der Waals surface area contributed by atoms with Gasteiger partial charge in [0.15, 0.2) is 0 Å². The fourth-order valence-corrected chi connectivity index (χ4v) is 2.82. The predicted molar refractivity (Wildman–Crippen MR) is 70.6 cm³/mol. The largest absolute Gasteiger partial charge is 0.383 e. The highest BCUT2D eigenvalue weighted by Crippen LogP contribution is 2.22. The van der Waals surface area contributed by atoms with E-state index in [1.807, 2.05) is 0 Å². The molecular weight excluding hydrogens is 246 g/mol. The normalized spacial score (nSPS) is 30.4. The molecule has 1 aliphatic heterocycles. The minimum Gasteiger partial charge on any atom is -0.383 e.